The van der Waals surface area contributed by atoms with Crippen molar-refractivity contribution in [3.8, 4) is 0 Å². The summed E-state index contributed by atoms with van der Waals surface area (Å²) in [4.78, 5) is 11.2. The minimum Gasteiger partial charge on any atom is -0.398 e. The molecule has 2 aromatic carbocycles. The highest BCUT2D eigenvalue weighted by molar-refractivity contribution is 14.1. The van der Waals surface area contributed by atoms with E-state index in [0.29, 0.717) is 16.3 Å². The Kier molecular flexibility index (Phi) is 4.16. The number of halogens is 2. The fraction of sp³-hybridized carbons (Fsp3) is 0. The first-order valence-electron chi connectivity index (χ1n) is 5.39. The van der Waals surface area contributed by atoms with Crippen LogP contribution in [0.3, 0.4) is 0 Å². The lowest BCUT2D eigenvalue weighted by Crippen LogP contribution is -2.13. The van der Waals surface area contributed by atoms with Crippen LogP contribution < -0.4 is 16.8 Å². The Morgan fingerprint density at radius 1 is 1.21 bits per heavy atom. The number of hydrogen-bond donors (Lipinski definition) is 3. The lowest BCUT2D eigenvalue weighted by Gasteiger charge is -2.11. The summed E-state index contributed by atoms with van der Waals surface area (Å²) in [5.41, 5.74) is 13.2. The van der Waals surface area contributed by atoms with Crippen molar-refractivity contribution >= 4 is 57.2 Å². The molecule has 19 heavy (non-hydrogen) atoms. The molecule has 6 heteroatoms. The molecule has 1 amide bonds. The van der Waals surface area contributed by atoms with E-state index in [2.05, 4.69) is 27.9 Å². The van der Waals surface area contributed by atoms with E-state index in [0.717, 1.165) is 14.9 Å². The summed E-state index contributed by atoms with van der Waals surface area (Å²) < 4.78 is 0.975. The predicted molar refractivity (Wildman–Crippen MR) is 86.8 cm³/mol. The summed E-state index contributed by atoms with van der Waals surface area (Å²) >= 11 is 8.08. The molecule has 0 fully saturated rings. The third kappa shape index (κ3) is 3.30. The number of anilines is 3. The minimum atomic E-state index is -0.549. The van der Waals surface area contributed by atoms with Gasteiger partial charge in [-0.2, -0.15) is 0 Å². The number of carbonyl (C=O) groups excluding carboxylic acids is 1. The average Bonchev–Trinajstić information content (AvgIpc) is 2.34. The summed E-state index contributed by atoms with van der Waals surface area (Å²) in [6.07, 6.45) is 0. The van der Waals surface area contributed by atoms with Crippen molar-refractivity contribution in [2.45, 2.75) is 0 Å². The Morgan fingerprint density at radius 2 is 1.95 bits per heavy atom. The lowest BCUT2D eigenvalue weighted by molar-refractivity contribution is 0.100. The maximum atomic E-state index is 11.2. The number of nitrogens with one attached hydrogen (secondary N) is 1. The van der Waals surface area contributed by atoms with E-state index in [-0.39, 0.29) is 0 Å². The Bertz CT molecular complexity index is 646. The lowest BCUT2D eigenvalue weighted by atomic mass is 10.1. The number of rotatable bonds is 3. The molecule has 0 aliphatic carbocycles. The average molecular weight is 388 g/mol. The number of carbonyl (C=O) groups is 1. The second kappa shape index (κ2) is 5.66. The van der Waals surface area contributed by atoms with E-state index >= 15 is 0 Å². The summed E-state index contributed by atoms with van der Waals surface area (Å²) in [6, 6.07) is 10.6. The largest absolute Gasteiger partial charge is 0.398 e. The summed E-state index contributed by atoms with van der Waals surface area (Å²) in [7, 11) is 0. The van der Waals surface area contributed by atoms with Crippen molar-refractivity contribution < 1.29 is 4.79 Å². The fourth-order valence-electron chi connectivity index (χ4n) is 1.59. The smallest absolute Gasteiger partial charge is 0.250 e. The molecular formula is C13H11ClIN3O. The molecule has 0 aliphatic rings. The van der Waals surface area contributed by atoms with Gasteiger partial charge >= 0.3 is 0 Å². The van der Waals surface area contributed by atoms with E-state index < -0.39 is 5.91 Å². The fourth-order valence-corrected chi connectivity index (χ4v) is 2.60. The van der Waals surface area contributed by atoms with Crippen LogP contribution in [0.25, 0.3) is 0 Å². The second-order valence-corrected chi connectivity index (χ2v) is 5.51. The van der Waals surface area contributed by atoms with Crippen molar-refractivity contribution in [3.63, 3.8) is 0 Å². The van der Waals surface area contributed by atoms with E-state index in [1.165, 1.54) is 0 Å². The van der Waals surface area contributed by atoms with Crippen LogP contribution in [0.1, 0.15) is 10.4 Å². The van der Waals surface area contributed by atoms with Gasteiger partial charge in [-0.3, -0.25) is 4.79 Å². The normalized spacial score (nSPS) is 10.2. The molecule has 0 unspecified atom stereocenters. The van der Waals surface area contributed by atoms with Crippen molar-refractivity contribution in [2.24, 2.45) is 5.73 Å². The van der Waals surface area contributed by atoms with Crippen LogP contribution in [0.5, 0.6) is 0 Å². The summed E-state index contributed by atoms with van der Waals surface area (Å²) in [6.45, 7) is 0. The quantitative estimate of drug-likeness (QED) is 0.558. The van der Waals surface area contributed by atoms with Crippen LogP contribution in [0, 0.1) is 3.57 Å². The maximum Gasteiger partial charge on any atom is 0.250 e. The predicted octanol–water partition coefficient (Wildman–Crippen LogP) is 3.37. The molecule has 98 valence electrons. The Hall–Kier alpha value is -1.47. The molecule has 2 aromatic rings. The van der Waals surface area contributed by atoms with Crippen LogP contribution in [0.15, 0.2) is 36.4 Å². The van der Waals surface area contributed by atoms with Gasteiger partial charge in [0.25, 0.3) is 5.91 Å². The summed E-state index contributed by atoms with van der Waals surface area (Å²) in [5, 5.41) is 3.86. The molecule has 2 rings (SSSR count). The molecule has 0 aromatic heterocycles. The molecule has 5 N–H and O–H groups in total. The standard InChI is InChI=1S/C13H11ClIN3O/c14-7-1-4-12(10(15)5-7)18-8-2-3-11(16)9(6-8)13(17)19/h1-6,18H,16H2,(H2,17,19). The van der Waals surface area contributed by atoms with Gasteiger partial charge in [0.2, 0.25) is 0 Å². The first-order valence-corrected chi connectivity index (χ1v) is 6.84. The van der Waals surface area contributed by atoms with Gasteiger partial charge in [-0.05, 0) is 59.0 Å². The highest BCUT2D eigenvalue weighted by Gasteiger charge is 2.08. The van der Waals surface area contributed by atoms with Crippen molar-refractivity contribution in [1.82, 2.24) is 0 Å². The van der Waals surface area contributed by atoms with Gasteiger partial charge in [0.05, 0.1) is 11.3 Å². The molecule has 0 heterocycles. The number of amides is 1. The summed E-state index contributed by atoms with van der Waals surface area (Å²) in [5.74, 6) is -0.549. The highest BCUT2D eigenvalue weighted by Crippen LogP contribution is 2.27. The molecule has 0 aliphatic heterocycles. The molecular weight excluding hydrogens is 377 g/mol. The molecule has 0 bridgehead atoms. The Balaban J connectivity index is 2.33. The number of benzene rings is 2. The SMILES string of the molecule is NC(=O)c1cc(Nc2ccc(Cl)cc2I)ccc1N. The zero-order valence-electron chi connectivity index (χ0n) is 9.78. The first kappa shape index (κ1) is 14.0. The van der Waals surface area contributed by atoms with Gasteiger partial charge in [-0.1, -0.05) is 11.6 Å². The highest BCUT2D eigenvalue weighted by atomic mass is 127. The molecule has 0 spiro atoms. The Labute approximate surface area is 129 Å². The third-order valence-electron chi connectivity index (χ3n) is 2.53. The molecule has 0 saturated heterocycles. The topological polar surface area (TPSA) is 81.1 Å². The number of nitrogen functional groups attached to an aromatic ring is 1. The maximum absolute atomic E-state index is 11.2. The van der Waals surface area contributed by atoms with Gasteiger partial charge < -0.3 is 16.8 Å². The van der Waals surface area contributed by atoms with Crippen LogP contribution in [-0.2, 0) is 0 Å². The van der Waals surface area contributed by atoms with Crippen LogP contribution in [0.4, 0.5) is 17.1 Å². The molecule has 0 atom stereocenters. The molecule has 0 saturated carbocycles. The van der Waals surface area contributed by atoms with Gasteiger partial charge in [0.1, 0.15) is 0 Å². The monoisotopic (exact) mass is 387 g/mol. The number of nitrogens with two attached hydrogens (primary N) is 2. The van der Waals surface area contributed by atoms with E-state index in [9.17, 15) is 4.79 Å². The van der Waals surface area contributed by atoms with Crippen LogP contribution in [-0.4, -0.2) is 5.91 Å². The van der Waals surface area contributed by atoms with E-state index in [1.54, 1.807) is 24.3 Å². The van der Waals surface area contributed by atoms with E-state index in [4.69, 9.17) is 23.1 Å². The zero-order chi connectivity index (χ0) is 14.0. The van der Waals surface area contributed by atoms with Gasteiger partial charge in [0, 0.05) is 20.0 Å². The number of hydrogen-bond acceptors (Lipinski definition) is 3. The van der Waals surface area contributed by atoms with Gasteiger partial charge in [-0.25, -0.2) is 0 Å². The first-order chi connectivity index (χ1) is 8.97. The molecule has 4 nitrogen and oxygen atoms in total. The van der Waals surface area contributed by atoms with Crippen molar-refractivity contribution in [1.29, 1.82) is 0 Å². The van der Waals surface area contributed by atoms with Crippen molar-refractivity contribution in [2.75, 3.05) is 11.1 Å². The molecule has 0 radical (unpaired) electrons. The Morgan fingerprint density at radius 3 is 2.58 bits per heavy atom. The van der Waals surface area contributed by atoms with Crippen LogP contribution >= 0.6 is 34.2 Å². The van der Waals surface area contributed by atoms with Crippen molar-refractivity contribution in [3.05, 3.63) is 50.6 Å². The number of primary amides is 1. The van der Waals surface area contributed by atoms with Gasteiger partial charge in [0.15, 0.2) is 0 Å². The van der Waals surface area contributed by atoms with E-state index in [1.807, 2.05) is 12.1 Å². The minimum absolute atomic E-state index is 0.300. The zero-order valence-corrected chi connectivity index (χ0v) is 12.7. The third-order valence-corrected chi connectivity index (χ3v) is 3.66. The second-order valence-electron chi connectivity index (χ2n) is 3.92. The van der Waals surface area contributed by atoms with Crippen LogP contribution in [0.2, 0.25) is 5.02 Å². The van der Waals surface area contributed by atoms with Gasteiger partial charge in [-0.15, -0.1) is 0 Å².